The van der Waals surface area contributed by atoms with Crippen LogP contribution in [-0.2, 0) is 9.53 Å². The Bertz CT molecular complexity index is 597. The molecule has 0 aliphatic heterocycles. The van der Waals surface area contributed by atoms with E-state index in [1.54, 1.807) is 19.1 Å². The summed E-state index contributed by atoms with van der Waals surface area (Å²) >= 11 is 12.4. The maximum atomic E-state index is 11.6. The van der Waals surface area contributed by atoms with Crippen LogP contribution in [0.3, 0.4) is 0 Å². The lowest BCUT2D eigenvalue weighted by Crippen LogP contribution is -2.11. The maximum absolute atomic E-state index is 11.6. The summed E-state index contributed by atoms with van der Waals surface area (Å²) < 4.78 is 4.90. The molecule has 0 saturated heterocycles. The number of carbonyl (C=O) groups excluding carboxylic acids is 1. The predicted octanol–water partition coefficient (Wildman–Crippen LogP) is 4.85. The number of alkyl halides is 1. The average Bonchev–Trinajstić information content (AvgIpc) is 2.47. The van der Waals surface area contributed by atoms with Crippen LogP contribution in [0.2, 0.25) is 5.02 Å². The SMILES string of the molecule is CCOC(=O)C(Cl)c1ccc(-c2ccccc2)c(Cl)c1. The number of ether oxygens (including phenoxy) is 1. The fourth-order valence-corrected chi connectivity index (χ4v) is 2.39. The van der Waals surface area contributed by atoms with Gasteiger partial charge in [0.1, 0.15) is 0 Å². The molecule has 0 amide bonds. The first-order valence-corrected chi connectivity index (χ1v) is 7.10. The molecule has 2 aromatic carbocycles. The van der Waals surface area contributed by atoms with E-state index in [0.717, 1.165) is 11.1 Å². The van der Waals surface area contributed by atoms with Crippen molar-refractivity contribution in [3.63, 3.8) is 0 Å². The second-order valence-electron chi connectivity index (χ2n) is 4.22. The summed E-state index contributed by atoms with van der Waals surface area (Å²) in [7, 11) is 0. The summed E-state index contributed by atoms with van der Waals surface area (Å²) in [5.41, 5.74) is 2.56. The second-order valence-corrected chi connectivity index (χ2v) is 5.06. The van der Waals surface area contributed by atoms with Crippen LogP contribution in [0.1, 0.15) is 17.9 Å². The molecule has 0 fully saturated rings. The van der Waals surface area contributed by atoms with Crippen LogP contribution in [0.15, 0.2) is 48.5 Å². The Hall–Kier alpha value is -1.51. The summed E-state index contributed by atoms with van der Waals surface area (Å²) in [4.78, 5) is 11.6. The molecule has 0 spiro atoms. The van der Waals surface area contributed by atoms with Crippen molar-refractivity contribution in [3.05, 3.63) is 59.1 Å². The van der Waals surface area contributed by atoms with E-state index in [-0.39, 0.29) is 0 Å². The highest BCUT2D eigenvalue weighted by Gasteiger charge is 2.19. The fraction of sp³-hybridized carbons (Fsp3) is 0.188. The van der Waals surface area contributed by atoms with Crippen LogP contribution in [0.5, 0.6) is 0 Å². The smallest absolute Gasteiger partial charge is 0.328 e. The van der Waals surface area contributed by atoms with E-state index in [2.05, 4.69) is 0 Å². The highest BCUT2D eigenvalue weighted by atomic mass is 35.5. The van der Waals surface area contributed by atoms with Gasteiger partial charge in [0.2, 0.25) is 0 Å². The van der Waals surface area contributed by atoms with Gasteiger partial charge in [-0.2, -0.15) is 0 Å². The van der Waals surface area contributed by atoms with Gasteiger partial charge in [-0.05, 0) is 24.1 Å². The Kier molecular flexibility index (Phi) is 5.05. The third-order valence-electron chi connectivity index (χ3n) is 2.86. The van der Waals surface area contributed by atoms with Gasteiger partial charge in [-0.3, -0.25) is 4.79 Å². The molecule has 0 saturated carbocycles. The highest BCUT2D eigenvalue weighted by Crippen LogP contribution is 2.32. The Morgan fingerprint density at radius 2 is 1.90 bits per heavy atom. The number of rotatable bonds is 4. The van der Waals surface area contributed by atoms with Crippen molar-refractivity contribution in [1.29, 1.82) is 0 Å². The number of esters is 1. The topological polar surface area (TPSA) is 26.3 Å². The molecule has 2 aromatic rings. The van der Waals surface area contributed by atoms with Crippen molar-refractivity contribution in [2.75, 3.05) is 6.61 Å². The minimum Gasteiger partial charge on any atom is -0.465 e. The van der Waals surface area contributed by atoms with Gasteiger partial charge in [0.05, 0.1) is 6.61 Å². The molecule has 2 nitrogen and oxygen atoms in total. The molecule has 20 heavy (non-hydrogen) atoms. The van der Waals surface area contributed by atoms with Crippen LogP contribution < -0.4 is 0 Å². The van der Waals surface area contributed by atoms with Gasteiger partial charge in [0.15, 0.2) is 5.38 Å². The first-order chi connectivity index (χ1) is 9.63. The van der Waals surface area contributed by atoms with E-state index in [1.807, 2.05) is 36.4 Å². The zero-order chi connectivity index (χ0) is 14.5. The number of carbonyl (C=O) groups is 1. The molecular formula is C16H14Cl2O2. The van der Waals surface area contributed by atoms with Gasteiger partial charge in [-0.1, -0.05) is 54.1 Å². The van der Waals surface area contributed by atoms with Crippen LogP contribution in [-0.4, -0.2) is 12.6 Å². The maximum Gasteiger partial charge on any atom is 0.328 e. The molecule has 2 rings (SSSR count). The fourth-order valence-electron chi connectivity index (χ4n) is 1.89. The largest absolute Gasteiger partial charge is 0.465 e. The molecule has 1 unspecified atom stereocenters. The van der Waals surface area contributed by atoms with E-state index < -0.39 is 11.3 Å². The summed E-state index contributed by atoms with van der Waals surface area (Å²) in [5, 5.41) is -0.277. The Labute approximate surface area is 128 Å². The van der Waals surface area contributed by atoms with Gasteiger partial charge in [0.25, 0.3) is 0 Å². The number of hydrogen-bond acceptors (Lipinski definition) is 2. The molecule has 1 atom stereocenters. The molecule has 0 bridgehead atoms. The lowest BCUT2D eigenvalue weighted by atomic mass is 10.0. The van der Waals surface area contributed by atoms with Crippen molar-refractivity contribution in [3.8, 4) is 11.1 Å². The summed E-state index contributed by atoms with van der Waals surface area (Å²) in [5.74, 6) is -0.460. The zero-order valence-corrected chi connectivity index (χ0v) is 12.5. The monoisotopic (exact) mass is 308 g/mol. The van der Waals surface area contributed by atoms with Crippen molar-refractivity contribution < 1.29 is 9.53 Å². The Morgan fingerprint density at radius 3 is 2.50 bits per heavy atom. The van der Waals surface area contributed by atoms with Gasteiger partial charge in [0, 0.05) is 10.6 Å². The first kappa shape index (κ1) is 14.9. The molecule has 0 aromatic heterocycles. The van der Waals surface area contributed by atoms with E-state index >= 15 is 0 Å². The number of halogens is 2. The highest BCUT2D eigenvalue weighted by molar-refractivity contribution is 6.34. The van der Waals surface area contributed by atoms with Gasteiger partial charge in [-0.15, -0.1) is 11.6 Å². The van der Waals surface area contributed by atoms with Gasteiger partial charge in [-0.25, -0.2) is 0 Å². The molecule has 0 radical (unpaired) electrons. The third-order valence-corrected chi connectivity index (χ3v) is 3.61. The van der Waals surface area contributed by atoms with Crippen molar-refractivity contribution >= 4 is 29.2 Å². The average molecular weight is 309 g/mol. The van der Waals surface area contributed by atoms with Crippen molar-refractivity contribution in [2.24, 2.45) is 0 Å². The Balaban J connectivity index is 2.29. The molecule has 0 aliphatic rings. The molecular weight excluding hydrogens is 295 g/mol. The summed E-state index contributed by atoms with van der Waals surface area (Å²) in [6.07, 6.45) is 0. The van der Waals surface area contributed by atoms with Gasteiger partial charge < -0.3 is 4.74 Å². The van der Waals surface area contributed by atoms with E-state index in [4.69, 9.17) is 27.9 Å². The van der Waals surface area contributed by atoms with Crippen LogP contribution >= 0.6 is 23.2 Å². The lowest BCUT2D eigenvalue weighted by Gasteiger charge is -2.11. The lowest BCUT2D eigenvalue weighted by molar-refractivity contribution is -0.142. The van der Waals surface area contributed by atoms with E-state index in [1.165, 1.54) is 0 Å². The number of benzene rings is 2. The summed E-state index contributed by atoms with van der Waals surface area (Å²) in [6, 6.07) is 15.2. The standard InChI is InChI=1S/C16H14Cl2O2/c1-2-20-16(19)15(18)12-8-9-13(14(17)10-12)11-6-4-3-5-7-11/h3-10,15H,2H2,1H3. The van der Waals surface area contributed by atoms with Crippen LogP contribution in [0, 0.1) is 0 Å². The summed E-state index contributed by atoms with van der Waals surface area (Å²) in [6.45, 7) is 2.05. The zero-order valence-electron chi connectivity index (χ0n) is 11.0. The second kappa shape index (κ2) is 6.78. The molecule has 0 N–H and O–H groups in total. The van der Waals surface area contributed by atoms with Gasteiger partial charge >= 0.3 is 5.97 Å². The van der Waals surface area contributed by atoms with E-state index in [0.29, 0.717) is 17.2 Å². The first-order valence-electron chi connectivity index (χ1n) is 6.29. The molecule has 4 heteroatoms. The van der Waals surface area contributed by atoms with Crippen molar-refractivity contribution in [2.45, 2.75) is 12.3 Å². The minimum atomic E-state index is -0.836. The normalized spacial score (nSPS) is 11.9. The van der Waals surface area contributed by atoms with Crippen LogP contribution in [0.25, 0.3) is 11.1 Å². The Morgan fingerprint density at radius 1 is 1.20 bits per heavy atom. The van der Waals surface area contributed by atoms with E-state index in [9.17, 15) is 4.79 Å². The number of hydrogen-bond donors (Lipinski definition) is 0. The quantitative estimate of drug-likeness (QED) is 0.596. The van der Waals surface area contributed by atoms with Crippen molar-refractivity contribution in [1.82, 2.24) is 0 Å². The minimum absolute atomic E-state index is 0.303. The van der Waals surface area contributed by atoms with Crippen LogP contribution in [0.4, 0.5) is 0 Å². The molecule has 0 aliphatic carbocycles. The predicted molar refractivity (Wildman–Crippen MR) is 82.1 cm³/mol. The third kappa shape index (κ3) is 3.33. The molecule has 0 heterocycles. The molecule has 104 valence electrons.